The summed E-state index contributed by atoms with van der Waals surface area (Å²) in [6.45, 7) is 1.30. The zero-order valence-corrected chi connectivity index (χ0v) is 6.40. The number of aldehydes is 1. The van der Waals surface area contributed by atoms with Crippen LogP contribution in [0.1, 0.15) is 6.42 Å². The van der Waals surface area contributed by atoms with Crippen molar-refractivity contribution in [2.75, 3.05) is 13.1 Å². The van der Waals surface area contributed by atoms with Gasteiger partial charge in [-0.2, -0.15) is 5.26 Å². The number of rotatable bonds is 2. The first-order valence-electron chi connectivity index (χ1n) is 3.58. The van der Waals surface area contributed by atoms with Crippen molar-refractivity contribution in [3.63, 3.8) is 0 Å². The molecule has 64 valence electrons. The first kappa shape index (κ1) is 8.53. The third-order valence-corrected chi connectivity index (χ3v) is 1.59. The number of hydrogen-bond donors (Lipinski definition) is 0. The lowest BCUT2D eigenvalue weighted by Crippen LogP contribution is -2.43. The minimum absolute atomic E-state index is 0.303. The molecule has 5 heteroatoms. The molecule has 0 aromatic heterocycles. The maximum atomic E-state index is 10.9. The van der Waals surface area contributed by atoms with E-state index in [0.717, 1.165) is 6.42 Å². The second kappa shape index (κ2) is 3.72. The first-order chi connectivity index (χ1) is 5.77. The largest absolute Gasteiger partial charge is 0.423 e. The van der Waals surface area contributed by atoms with Crippen LogP contribution in [-0.2, 0) is 9.53 Å². The number of nitriles is 1. The van der Waals surface area contributed by atoms with Crippen molar-refractivity contribution in [3.05, 3.63) is 0 Å². The number of hydrogen-bond acceptors (Lipinski definition) is 4. The van der Waals surface area contributed by atoms with E-state index in [1.165, 1.54) is 4.90 Å². The summed E-state index contributed by atoms with van der Waals surface area (Å²) in [6, 6.07) is 1.55. The smallest absolute Gasteiger partial charge is 0.411 e. The van der Waals surface area contributed by atoms with Gasteiger partial charge >= 0.3 is 6.09 Å². The Kier molecular flexibility index (Phi) is 2.64. The highest BCUT2D eigenvalue weighted by atomic mass is 16.6. The second-order valence-electron chi connectivity index (χ2n) is 2.41. The average Bonchev–Trinajstić information content (AvgIpc) is 1.96. The number of amides is 1. The van der Waals surface area contributed by atoms with Crippen molar-refractivity contribution in [3.8, 4) is 6.07 Å². The van der Waals surface area contributed by atoms with Gasteiger partial charge in [-0.05, 0) is 6.42 Å². The molecule has 1 saturated heterocycles. The summed E-state index contributed by atoms with van der Waals surface area (Å²) in [7, 11) is 0. The maximum Gasteiger partial charge on any atom is 0.411 e. The SMILES string of the molecule is N#CC(C=O)OC(=O)N1CCC1. The van der Waals surface area contributed by atoms with Crippen molar-refractivity contribution < 1.29 is 14.3 Å². The van der Waals surface area contributed by atoms with Gasteiger partial charge in [-0.1, -0.05) is 0 Å². The van der Waals surface area contributed by atoms with Crippen molar-refractivity contribution in [1.82, 2.24) is 4.90 Å². The normalized spacial score (nSPS) is 17.1. The fraction of sp³-hybridized carbons (Fsp3) is 0.571. The predicted molar refractivity (Wildman–Crippen MR) is 38.1 cm³/mol. The maximum absolute atomic E-state index is 10.9. The minimum Gasteiger partial charge on any atom is -0.423 e. The van der Waals surface area contributed by atoms with E-state index in [-0.39, 0.29) is 0 Å². The van der Waals surface area contributed by atoms with Crippen molar-refractivity contribution in [2.45, 2.75) is 12.5 Å². The van der Waals surface area contributed by atoms with E-state index in [4.69, 9.17) is 5.26 Å². The highest BCUT2D eigenvalue weighted by molar-refractivity contribution is 5.73. The van der Waals surface area contributed by atoms with E-state index in [1.54, 1.807) is 6.07 Å². The number of nitrogens with zero attached hydrogens (tertiary/aromatic N) is 2. The summed E-state index contributed by atoms with van der Waals surface area (Å²) in [4.78, 5) is 22.5. The zero-order valence-electron chi connectivity index (χ0n) is 6.40. The molecule has 0 aromatic rings. The van der Waals surface area contributed by atoms with Crippen LogP contribution < -0.4 is 0 Å². The van der Waals surface area contributed by atoms with Crippen LogP contribution in [0.3, 0.4) is 0 Å². The molecule has 0 bridgehead atoms. The van der Waals surface area contributed by atoms with Crippen LogP contribution in [0.5, 0.6) is 0 Å². The molecule has 0 radical (unpaired) electrons. The monoisotopic (exact) mass is 168 g/mol. The molecule has 12 heavy (non-hydrogen) atoms. The molecule has 1 fully saturated rings. The van der Waals surface area contributed by atoms with Crippen molar-refractivity contribution in [2.24, 2.45) is 0 Å². The molecule has 1 rings (SSSR count). The van der Waals surface area contributed by atoms with Gasteiger partial charge in [0, 0.05) is 13.1 Å². The Morgan fingerprint density at radius 3 is 2.67 bits per heavy atom. The van der Waals surface area contributed by atoms with E-state index >= 15 is 0 Å². The molecule has 0 spiro atoms. The van der Waals surface area contributed by atoms with Crippen LogP contribution in [0.2, 0.25) is 0 Å². The van der Waals surface area contributed by atoms with Gasteiger partial charge < -0.3 is 9.64 Å². The quantitative estimate of drug-likeness (QED) is 0.540. The van der Waals surface area contributed by atoms with Gasteiger partial charge in [0.25, 0.3) is 0 Å². The molecule has 1 aliphatic heterocycles. The van der Waals surface area contributed by atoms with E-state index in [1.807, 2.05) is 0 Å². The summed E-state index contributed by atoms with van der Waals surface area (Å²) in [6.07, 6.45) is -0.594. The fourth-order valence-electron chi connectivity index (χ4n) is 0.767. The molecule has 1 atom stereocenters. The first-order valence-corrected chi connectivity index (χ1v) is 3.58. The van der Waals surface area contributed by atoms with Gasteiger partial charge in [-0.25, -0.2) is 4.79 Å². The standard InChI is InChI=1S/C7H8N2O3/c8-4-6(5-10)12-7(11)9-2-1-3-9/h5-6H,1-3H2. The molecule has 1 aliphatic rings. The average molecular weight is 168 g/mol. The van der Waals surface area contributed by atoms with Crippen molar-refractivity contribution >= 4 is 12.4 Å². The van der Waals surface area contributed by atoms with Crippen molar-refractivity contribution in [1.29, 1.82) is 5.26 Å². The predicted octanol–water partition coefficient (Wildman–Crippen LogP) is -0.0802. The molecular formula is C7H8N2O3. The number of likely N-dealkylation sites (tertiary alicyclic amines) is 1. The Bertz CT molecular complexity index is 229. The Labute approximate surface area is 69.5 Å². The summed E-state index contributed by atoms with van der Waals surface area (Å²) in [5, 5.41) is 8.27. The van der Waals surface area contributed by atoms with Crippen LogP contribution in [0.25, 0.3) is 0 Å². The molecule has 0 aliphatic carbocycles. The van der Waals surface area contributed by atoms with Gasteiger partial charge in [0.15, 0.2) is 6.29 Å². The van der Waals surface area contributed by atoms with Gasteiger partial charge in [-0.15, -0.1) is 0 Å². The minimum atomic E-state index is -1.27. The van der Waals surface area contributed by atoms with Crippen LogP contribution in [0.15, 0.2) is 0 Å². The van der Waals surface area contributed by atoms with Gasteiger partial charge in [0.1, 0.15) is 6.07 Å². The zero-order chi connectivity index (χ0) is 8.97. The van der Waals surface area contributed by atoms with Gasteiger partial charge in [0.2, 0.25) is 6.10 Å². The molecule has 1 amide bonds. The Morgan fingerprint density at radius 1 is 1.67 bits per heavy atom. The highest BCUT2D eigenvalue weighted by Gasteiger charge is 2.24. The van der Waals surface area contributed by atoms with Crippen LogP contribution in [0.4, 0.5) is 4.79 Å². The molecule has 1 heterocycles. The summed E-state index contributed by atoms with van der Waals surface area (Å²) in [5.74, 6) is 0. The molecular weight excluding hydrogens is 160 g/mol. The van der Waals surface area contributed by atoms with Crippen LogP contribution >= 0.6 is 0 Å². The fourth-order valence-corrected chi connectivity index (χ4v) is 0.767. The lowest BCUT2D eigenvalue weighted by Gasteiger charge is -2.29. The summed E-state index contributed by atoms with van der Waals surface area (Å²) < 4.78 is 4.51. The third-order valence-electron chi connectivity index (χ3n) is 1.59. The van der Waals surface area contributed by atoms with E-state index in [2.05, 4.69) is 4.74 Å². The van der Waals surface area contributed by atoms with Gasteiger partial charge in [0.05, 0.1) is 0 Å². The summed E-state index contributed by atoms with van der Waals surface area (Å²) >= 11 is 0. The van der Waals surface area contributed by atoms with E-state index in [9.17, 15) is 9.59 Å². The number of carbonyl (C=O) groups is 2. The van der Waals surface area contributed by atoms with Gasteiger partial charge in [-0.3, -0.25) is 4.79 Å². The molecule has 0 aromatic carbocycles. The third kappa shape index (κ3) is 1.72. The molecule has 0 saturated carbocycles. The van der Waals surface area contributed by atoms with Crippen LogP contribution in [0, 0.1) is 11.3 Å². The molecule has 1 unspecified atom stereocenters. The highest BCUT2D eigenvalue weighted by Crippen LogP contribution is 2.08. The Balaban J connectivity index is 2.34. The lowest BCUT2D eigenvalue weighted by molar-refractivity contribution is -0.113. The lowest BCUT2D eigenvalue weighted by atomic mass is 10.2. The van der Waals surface area contributed by atoms with Crippen LogP contribution in [-0.4, -0.2) is 36.5 Å². The number of ether oxygens (including phenoxy) is 1. The molecule has 5 nitrogen and oxygen atoms in total. The summed E-state index contributed by atoms with van der Waals surface area (Å²) in [5.41, 5.74) is 0. The second-order valence-corrected chi connectivity index (χ2v) is 2.41. The van der Waals surface area contributed by atoms with E-state index < -0.39 is 12.2 Å². The Hall–Kier alpha value is -1.57. The van der Waals surface area contributed by atoms with E-state index in [0.29, 0.717) is 19.4 Å². The topological polar surface area (TPSA) is 70.4 Å². The number of carbonyl (C=O) groups excluding carboxylic acids is 2. The molecule has 0 N–H and O–H groups in total. The Morgan fingerprint density at radius 2 is 2.33 bits per heavy atom.